The van der Waals surface area contributed by atoms with Gasteiger partial charge in [0.15, 0.2) is 0 Å². The van der Waals surface area contributed by atoms with Gasteiger partial charge in [-0.05, 0) is 49.8 Å². The molecule has 2 nitrogen and oxygen atoms in total. The van der Waals surface area contributed by atoms with Gasteiger partial charge in [-0.2, -0.15) is 0 Å². The lowest BCUT2D eigenvalue weighted by atomic mass is 9.82. The van der Waals surface area contributed by atoms with Crippen molar-refractivity contribution in [3.8, 4) is 5.75 Å². The number of rotatable bonds is 6. The first kappa shape index (κ1) is 15.4. The maximum atomic E-state index is 5.32. The van der Waals surface area contributed by atoms with Gasteiger partial charge in [0.2, 0.25) is 0 Å². The SMILES string of the molecule is CCC(NC(C)c1cccc(OC)c1)C1CCCCC1. The van der Waals surface area contributed by atoms with Gasteiger partial charge in [0.05, 0.1) is 7.11 Å². The number of methoxy groups -OCH3 is 1. The largest absolute Gasteiger partial charge is 0.497 e. The van der Waals surface area contributed by atoms with Gasteiger partial charge in [0.25, 0.3) is 0 Å². The third-order valence-corrected chi connectivity index (χ3v) is 4.72. The fraction of sp³-hybridized carbons (Fsp3) is 0.667. The van der Waals surface area contributed by atoms with Crippen LogP contribution in [0.15, 0.2) is 24.3 Å². The summed E-state index contributed by atoms with van der Waals surface area (Å²) >= 11 is 0. The van der Waals surface area contributed by atoms with Crippen LogP contribution >= 0.6 is 0 Å². The van der Waals surface area contributed by atoms with Crippen LogP contribution in [0.4, 0.5) is 0 Å². The Balaban J connectivity index is 1.98. The molecule has 0 radical (unpaired) electrons. The van der Waals surface area contributed by atoms with Crippen LogP contribution in [0.25, 0.3) is 0 Å². The Hall–Kier alpha value is -1.02. The molecule has 0 saturated heterocycles. The van der Waals surface area contributed by atoms with Gasteiger partial charge in [-0.3, -0.25) is 0 Å². The van der Waals surface area contributed by atoms with Gasteiger partial charge < -0.3 is 10.1 Å². The van der Waals surface area contributed by atoms with Crippen molar-refractivity contribution in [1.82, 2.24) is 5.32 Å². The van der Waals surface area contributed by atoms with Crippen LogP contribution in [0.5, 0.6) is 5.75 Å². The Labute approximate surface area is 123 Å². The van der Waals surface area contributed by atoms with Gasteiger partial charge >= 0.3 is 0 Å². The Morgan fingerprint density at radius 3 is 2.65 bits per heavy atom. The Kier molecular flexibility index (Phi) is 5.90. The highest BCUT2D eigenvalue weighted by molar-refractivity contribution is 5.30. The summed E-state index contributed by atoms with van der Waals surface area (Å²) in [5, 5.41) is 3.85. The summed E-state index contributed by atoms with van der Waals surface area (Å²) in [4.78, 5) is 0. The number of hydrogen-bond acceptors (Lipinski definition) is 2. The first-order valence-electron chi connectivity index (χ1n) is 8.14. The molecule has 1 aromatic rings. The van der Waals surface area contributed by atoms with Crippen molar-refractivity contribution < 1.29 is 4.74 Å². The van der Waals surface area contributed by atoms with E-state index in [0.29, 0.717) is 12.1 Å². The van der Waals surface area contributed by atoms with E-state index in [0.717, 1.165) is 11.7 Å². The van der Waals surface area contributed by atoms with E-state index >= 15 is 0 Å². The van der Waals surface area contributed by atoms with E-state index in [-0.39, 0.29) is 0 Å². The molecule has 2 rings (SSSR count). The first-order valence-corrected chi connectivity index (χ1v) is 8.14. The average molecular weight is 275 g/mol. The van der Waals surface area contributed by atoms with Gasteiger partial charge in [-0.1, -0.05) is 38.3 Å². The predicted molar refractivity (Wildman–Crippen MR) is 85.2 cm³/mol. The molecule has 2 atom stereocenters. The van der Waals surface area contributed by atoms with Crippen LogP contribution in [0.3, 0.4) is 0 Å². The molecule has 1 aliphatic rings. The fourth-order valence-electron chi connectivity index (χ4n) is 3.45. The van der Waals surface area contributed by atoms with Gasteiger partial charge in [-0.15, -0.1) is 0 Å². The molecule has 0 aliphatic heterocycles. The van der Waals surface area contributed by atoms with Gasteiger partial charge in [0, 0.05) is 12.1 Å². The van der Waals surface area contributed by atoms with Crippen molar-refractivity contribution in [3.05, 3.63) is 29.8 Å². The van der Waals surface area contributed by atoms with Crippen molar-refractivity contribution in [3.63, 3.8) is 0 Å². The first-order chi connectivity index (χ1) is 9.74. The van der Waals surface area contributed by atoms with E-state index in [1.165, 1.54) is 44.1 Å². The molecule has 1 saturated carbocycles. The molecule has 20 heavy (non-hydrogen) atoms. The van der Waals surface area contributed by atoms with Gasteiger partial charge in [-0.25, -0.2) is 0 Å². The molecule has 2 heteroatoms. The van der Waals surface area contributed by atoms with Crippen LogP contribution in [0.2, 0.25) is 0 Å². The van der Waals surface area contributed by atoms with Gasteiger partial charge in [0.1, 0.15) is 5.75 Å². The van der Waals surface area contributed by atoms with E-state index < -0.39 is 0 Å². The number of hydrogen-bond donors (Lipinski definition) is 1. The lowest BCUT2D eigenvalue weighted by Crippen LogP contribution is -2.38. The number of ether oxygens (including phenoxy) is 1. The maximum Gasteiger partial charge on any atom is 0.119 e. The summed E-state index contributed by atoms with van der Waals surface area (Å²) in [6.45, 7) is 4.57. The summed E-state index contributed by atoms with van der Waals surface area (Å²) in [5.41, 5.74) is 1.32. The molecular weight excluding hydrogens is 246 g/mol. The molecule has 112 valence electrons. The second-order valence-corrected chi connectivity index (χ2v) is 6.08. The van der Waals surface area contributed by atoms with E-state index in [1.807, 2.05) is 6.07 Å². The summed E-state index contributed by atoms with van der Waals surface area (Å²) in [6.07, 6.45) is 8.27. The van der Waals surface area contributed by atoms with Crippen LogP contribution in [0.1, 0.15) is 64.0 Å². The van der Waals surface area contributed by atoms with Crippen molar-refractivity contribution in [2.24, 2.45) is 5.92 Å². The Bertz CT molecular complexity index is 398. The Morgan fingerprint density at radius 1 is 1.25 bits per heavy atom. The van der Waals surface area contributed by atoms with Crippen LogP contribution < -0.4 is 10.1 Å². The molecule has 1 aromatic carbocycles. The molecule has 0 heterocycles. The minimum Gasteiger partial charge on any atom is -0.497 e. The molecule has 1 aliphatic carbocycles. The van der Waals surface area contributed by atoms with Crippen LogP contribution in [0, 0.1) is 5.92 Å². The highest BCUT2D eigenvalue weighted by Gasteiger charge is 2.23. The molecule has 1 fully saturated rings. The van der Waals surface area contributed by atoms with Crippen molar-refractivity contribution in [2.45, 2.75) is 64.5 Å². The number of benzene rings is 1. The predicted octanol–water partition coefficient (Wildman–Crippen LogP) is 4.70. The zero-order valence-electron chi connectivity index (χ0n) is 13.2. The average Bonchev–Trinajstić information content (AvgIpc) is 2.53. The van der Waals surface area contributed by atoms with E-state index in [9.17, 15) is 0 Å². The lowest BCUT2D eigenvalue weighted by molar-refractivity contribution is 0.249. The normalized spacial score (nSPS) is 19.6. The van der Waals surface area contributed by atoms with Crippen molar-refractivity contribution in [1.29, 1.82) is 0 Å². The molecule has 2 unspecified atom stereocenters. The smallest absolute Gasteiger partial charge is 0.119 e. The van der Waals surface area contributed by atoms with Crippen LogP contribution in [-0.4, -0.2) is 13.2 Å². The quantitative estimate of drug-likeness (QED) is 0.812. The fourth-order valence-corrected chi connectivity index (χ4v) is 3.45. The maximum absolute atomic E-state index is 5.32. The summed E-state index contributed by atoms with van der Waals surface area (Å²) in [7, 11) is 1.73. The molecule has 0 aromatic heterocycles. The monoisotopic (exact) mass is 275 g/mol. The molecule has 1 N–H and O–H groups in total. The minimum absolute atomic E-state index is 0.386. The number of nitrogens with one attached hydrogen (secondary N) is 1. The standard InChI is InChI=1S/C18H29NO/c1-4-18(15-9-6-5-7-10-15)19-14(2)16-11-8-12-17(13-16)20-3/h8,11-15,18-19H,4-7,9-10H2,1-3H3. The minimum atomic E-state index is 0.386. The van der Waals surface area contributed by atoms with Crippen molar-refractivity contribution >= 4 is 0 Å². The highest BCUT2D eigenvalue weighted by Crippen LogP contribution is 2.29. The summed E-state index contributed by atoms with van der Waals surface area (Å²) < 4.78 is 5.32. The van der Waals surface area contributed by atoms with E-state index in [1.54, 1.807) is 7.11 Å². The van der Waals surface area contributed by atoms with Crippen LogP contribution in [-0.2, 0) is 0 Å². The second kappa shape index (κ2) is 7.68. The Morgan fingerprint density at radius 2 is 2.00 bits per heavy atom. The lowest BCUT2D eigenvalue weighted by Gasteiger charge is -2.32. The van der Waals surface area contributed by atoms with Crippen molar-refractivity contribution in [2.75, 3.05) is 7.11 Å². The van der Waals surface area contributed by atoms with E-state index in [4.69, 9.17) is 4.74 Å². The molecule has 0 bridgehead atoms. The van der Waals surface area contributed by atoms with E-state index in [2.05, 4.69) is 37.4 Å². The topological polar surface area (TPSA) is 21.3 Å². The molecule has 0 spiro atoms. The summed E-state index contributed by atoms with van der Waals surface area (Å²) in [5.74, 6) is 1.81. The third-order valence-electron chi connectivity index (χ3n) is 4.72. The zero-order chi connectivity index (χ0) is 14.4. The third kappa shape index (κ3) is 3.99. The second-order valence-electron chi connectivity index (χ2n) is 6.08. The highest BCUT2D eigenvalue weighted by atomic mass is 16.5. The zero-order valence-corrected chi connectivity index (χ0v) is 13.2. The summed E-state index contributed by atoms with van der Waals surface area (Å²) in [6, 6.07) is 9.45. The molecule has 0 amide bonds. The molecular formula is C18H29NO.